The van der Waals surface area contributed by atoms with Gasteiger partial charge in [-0.15, -0.1) is 0 Å². The minimum atomic E-state index is 0.103. The molecule has 3 nitrogen and oxygen atoms in total. The lowest BCUT2D eigenvalue weighted by molar-refractivity contribution is -0.129. The Balaban J connectivity index is 1.57. The summed E-state index contributed by atoms with van der Waals surface area (Å²) in [6.45, 7) is 3.20. The van der Waals surface area contributed by atoms with Crippen LogP contribution < -0.4 is 4.74 Å². The summed E-state index contributed by atoms with van der Waals surface area (Å²) in [4.78, 5) is 14.3. The van der Waals surface area contributed by atoms with E-state index in [1.54, 1.807) is 4.90 Å². The fraction of sp³-hybridized carbons (Fsp3) is 0.208. The summed E-state index contributed by atoms with van der Waals surface area (Å²) in [5.74, 6) is 0.937. The average molecular weight is 359 g/mol. The third-order valence-electron chi connectivity index (χ3n) is 4.50. The lowest BCUT2D eigenvalue weighted by Gasteiger charge is -2.18. The van der Waals surface area contributed by atoms with Crippen LogP contribution in [-0.4, -0.2) is 24.5 Å². The second-order valence-electron chi connectivity index (χ2n) is 6.57. The first kappa shape index (κ1) is 18.7. The Morgan fingerprint density at radius 1 is 0.815 bits per heavy atom. The molecule has 0 atom stereocenters. The molecular formula is C24H25NO2. The van der Waals surface area contributed by atoms with E-state index in [4.69, 9.17) is 4.74 Å². The van der Waals surface area contributed by atoms with Crippen molar-refractivity contribution in [3.8, 4) is 16.9 Å². The van der Waals surface area contributed by atoms with E-state index >= 15 is 0 Å². The van der Waals surface area contributed by atoms with Gasteiger partial charge in [-0.25, -0.2) is 0 Å². The van der Waals surface area contributed by atoms with Crippen LogP contribution in [0.4, 0.5) is 0 Å². The zero-order chi connectivity index (χ0) is 19.1. The van der Waals surface area contributed by atoms with Crippen LogP contribution in [0.5, 0.6) is 5.75 Å². The van der Waals surface area contributed by atoms with E-state index in [9.17, 15) is 4.79 Å². The highest BCUT2D eigenvalue weighted by molar-refractivity contribution is 5.78. The molecule has 1 amide bonds. The predicted molar refractivity (Wildman–Crippen MR) is 110 cm³/mol. The molecule has 0 aliphatic rings. The van der Waals surface area contributed by atoms with Gasteiger partial charge in [0.1, 0.15) is 5.75 Å². The van der Waals surface area contributed by atoms with Gasteiger partial charge in [-0.1, -0.05) is 66.7 Å². The van der Waals surface area contributed by atoms with Crippen molar-refractivity contribution in [1.29, 1.82) is 0 Å². The molecule has 0 fully saturated rings. The van der Waals surface area contributed by atoms with Gasteiger partial charge in [-0.2, -0.15) is 0 Å². The van der Waals surface area contributed by atoms with E-state index in [1.165, 1.54) is 11.1 Å². The van der Waals surface area contributed by atoms with E-state index in [1.807, 2.05) is 56.4 Å². The smallest absolute Gasteiger partial charge is 0.227 e. The third kappa shape index (κ3) is 5.20. The molecule has 0 unspecified atom stereocenters. The monoisotopic (exact) mass is 359 g/mol. The average Bonchev–Trinajstić information content (AvgIpc) is 2.71. The van der Waals surface area contributed by atoms with E-state index in [2.05, 4.69) is 36.4 Å². The number of amides is 1. The first-order valence-corrected chi connectivity index (χ1v) is 9.26. The van der Waals surface area contributed by atoms with Crippen molar-refractivity contribution < 1.29 is 9.53 Å². The molecule has 3 aromatic carbocycles. The van der Waals surface area contributed by atoms with Crippen molar-refractivity contribution in [2.75, 3.05) is 13.7 Å². The SMILES string of the molecule is CCOc1ccc(CC(=O)N(C)Cc2ccc(-c3ccccc3)cc2)cc1. The zero-order valence-electron chi connectivity index (χ0n) is 15.9. The third-order valence-corrected chi connectivity index (χ3v) is 4.50. The second kappa shape index (κ2) is 9.04. The Morgan fingerprint density at radius 3 is 2.04 bits per heavy atom. The predicted octanol–water partition coefficient (Wildman–Crippen LogP) is 4.95. The normalized spacial score (nSPS) is 10.4. The molecule has 0 bridgehead atoms. The molecule has 3 heteroatoms. The quantitative estimate of drug-likeness (QED) is 0.597. The molecule has 27 heavy (non-hydrogen) atoms. The van der Waals surface area contributed by atoms with Gasteiger partial charge in [0, 0.05) is 13.6 Å². The summed E-state index contributed by atoms with van der Waals surface area (Å²) in [7, 11) is 1.85. The number of likely N-dealkylation sites (N-methyl/N-ethyl adjacent to an activating group) is 1. The summed E-state index contributed by atoms with van der Waals surface area (Å²) >= 11 is 0. The highest BCUT2D eigenvalue weighted by Gasteiger charge is 2.10. The van der Waals surface area contributed by atoms with Crippen LogP contribution in [0.1, 0.15) is 18.1 Å². The van der Waals surface area contributed by atoms with Crippen molar-refractivity contribution in [3.63, 3.8) is 0 Å². The second-order valence-corrected chi connectivity index (χ2v) is 6.57. The largest absolute Gasteiger partial charge is 0.494 e. The summed E-state index contributed by atoms with van der Waals surface area (Å²) < 4.78 is 5.44. The molecule has 0 saturated heterocycles. The Morgan fingerprint density at radius 2 is 1.41 bits per heavy atom. The molecule has 0 heterocycles. The number of nitrogens with zero attached hydrogens (tertiary/aromatic N) is 1. The minimum absolute atomic E-state index is 0.103. The molecule has 138 valence electrons. The van der Waals surface area contributed by atoms with Gasteiger partial charge in [-0.05, 0) is 41.3 Å². The highest BCUT2D eigenvalue weighted by atomic mass is 16.5. The molecule has 0 aromatic heterocycles. The fourth-order valence-electron chi connectivity index (χ4n) is 2.98. The first-order chi connectivity index (χ1) is 13.2. The van der Waals surface area contributed by atoms with E-state index in [0.717, 1.165) is 16.9 Å². The van der Waals surface area contributed by atoms with E-state index in [0.29, 0.717) is 19.6 Å². The van der Waals surface area contributed by atoms with Gasteiger partial charge in [-0.3, -0.25) is 4.79 Å². The van der Waals surface area contributed by atoms with Crippen LogP contribution in [0.3, 0.4) is 0 Å². The van der Waals surface area contributed by atoms with Gasteiger partial charge >= 0.3 is 0 Å². The number of carbonyl (C=O) groups is 1. The van der Waals surface area contributed by atoms with Crippen LogP contribution in [0, 0.1) is 0 Å². The van der Waals surface area contributed by atoms with Crippen LogP contribution in [-0.2, 0) is 17.8 Å². The summed E-state index contributed by atoms with van der Waals surface area (Å²) in [6.07, 6.45) is 0.394. The van der Waals surface area contributed by atoms with Crippen LogP contribution in [0.15, 0.2) is 78.9 Å². The topological polar surface area (TPSA) is 29.5 Å². The Bertz CT molecular complexity index is 855. The van der Waals surface area contributed by atoms with Gasteiger partial charge < -0.3 is 9.64 Å². The lowest BCUT2D eigenvalue weighted by atomic mass is 10.0. The standard InChI is InChI=1S/C24H25NO2/c1-3-27-23-15-11-19(12-16-23)17-24(26)25(2)18-20-9-13-22(14-10-20)21-7-5-4-6-8-21/h4-16H,3,17-18H2,1-2H3. The molecule has 0 aliphatic heterocycles. The van der Waals surface area contributed by atoms with E-state index < -0.39 is 0 Å². The highest BCUT2D eigenvalue weighted by Crippen LogP contribution is 2.20. The molecule has 3 aromatic rings. The molecule has 3 rings (SSSR count). The van der Waals surface area contributed by atoms with Gasteiger partial charge in [0.25, 0.3) is 0 Å². The Labute approximate surface area is 161 Å². The van der Waals surface area contributed by atoms with Crippen molar-refractivity contribution >= 4 is 5.91 Å². The van der Waals surface area contributed by atoms with Gasteiger partial charge in [0.05, 0.1) is 13.0 Å². The number of benzene rings is 3. The summed E-state index contributed by atoms with van der Waals surface area (Å²) in [5, 5.41) is 0. The molecule has 0 spiro atoms. The maximum Gasteiger partial charge on any atom is 0.227 e. The van der Waals surface area contributed by atoms with Crippen LogP contribution >= 0.6 is 0 Å². The van der Waals surface area contributed by atoms with Gasteiger partial charge in [0.15, 0.2) is 0 Å². The molecule has 0 aliphatic carbocycles. The van der Waals surface area contributed by atoms with Crippen LogP contribution in [0.25, 0.3) is 11.1 Å². The molecular weight excluding hydrogens is 334 g/mol. The molecule has 0 saturated carbocycles. The lowest BCUT2D eigenvalue weighted by Crippen LogP contribution is -2.27. The first-order valence-electron chi connectivity index (χ1n) is 9.26. The van der Waals surface area contributed by atoms with Gasteiger partial charge in [0.2, 0.25) is 5.91 Å². The van der Waals surface area contributed by atoms with E-state index in [-0.39, 0.29) is 5.91 Å². The number of rotatable bonds is 7. The van der Waals surface area contributed by atoms with Crippen molar-refractivity contribution in [3.05, 3.63) is 90.0 Å². The molecule has 0 N–H and O–H groups in total. The Kier molecular flexibility index (Phi) is 6.26. The van der Waals surface area contributed by atoms with Crippen molar-refractivity contribution in [2.24, 2.45) is 0 Å². The Hall–Kier alpha value is -3.07. The maximum atomic E-state index is 12.5. The maximum absolute atomic E-state index is 12.5. The summed E-state index contributed by atoms with van der Waals surface area (Å²) in [5.41, 5.74) is 4.50. The zero-order valence-corrected chi connectivity index (χ0v) is 15.9. The number of hydrogen-bond acceptors (Lipinski definition) is 2. The molecule has 0 radical (unpaired) electrons. The number of ether oxygens (including phenoxy) is 1. The van der Waals surface area contributed by atoms with Crippen LogP contribution in [0.2, 0.25) is 0 Å². The van der Waals surface area contributed by atoms with Crippen molar-refractivity contribution in [2.45, 2.75) is 19.9 Å². The van der Waals surface area contributed by atoms with Crippen molar-refractivity contribution in [1.82, 2.24) is 4.90 Å². The fourth-order valence-corrected chi connectivity index (χ4v) is 2.98. The summed E-state index contributed by atoms with van der Waals surface area (Å²) in [6, 6.07) is 26.4. The minimum Gasteiger partial charge on any atom is -0.494 e. The number of hydrogen-bond donors (Lipinski definition) is 0. The number of carbonyl (C=O) groups excluding carboxylic acids is 1.